The topological polar surface area (TPSA) is 40.5 Å². The number of hydrogen-bond acceptors (Lipinski definition) is 1. The Kier molecular flexibility index (Phi) is 3.13. The van der Waals surface area contributed by atoms with E-state index >= 15 is 0 Å². The van der Waals surface area contributed by atoms with Gasteiger partial charge < -0.3 is 10.0 Å². The van der Waals surface area contributed by atoms with Gasteiger partial charge in [-0.1, -0.05) is 24.3 Å². The Morgan fingerprint density at radius 3 is 2.81 bits per heavy atom. The van der Waals surface area contributed by atoms with Crippen LogP contribution in [-0.4, -0.2) is 22.6 Å². The number of benzene rings is 1. The fourth-order valence-electron chi connectivity index (χ4n) is 2.44. The molecule has 1 unspecified atom stereocenters. The van der Waals surface area contributed by atoms with Crippen molar-refractivity contribution < 1.29 is 9.90 Å². The minimum Gasteiger partial charge on any atom is -0.465 e. The predicted octanol–water partition coefficient (Wildman–Crippen LogP) is 3.20. The van der Waals surface area contributed by atoms with E-state index in [1.54, 1.807) is 4.90 Å². The minimum absolute atomic E-state index is 0.0486. The Morgan fingerprint density at radius 1 is 1.38 bits per heavy atom. The molecule has 0 bridgehead atoms. The summed E-state index contributed by atoms with van der Waals surface area (Å²) in [4.78, 5) is 12.8. The molecule has 0 aliphatic carbocycles. The monoisotopic (exact) mass is 219 g/mol. The van der Waals surface area contributed by atoms with Crippen molar-refractivity contribution in [3.8, 4) is 0 Å². The van der Waals surface area contributed by atoms with Crippen molar-refractivity contribution in [3.05, 3.63) is 35.4 Å². The number of piperidine rings is 1. The number of amides is 1. The lowest BCUT2D eigenvalue weighted by molar-refractivity contribution is 0.106. The quantitative estimate of drug-likeness (QED) is 0.788. The summed E-state index contributed by atoms with van der Waals surface area (Å²) >= 11 is 0. The average Bonchev–Trinajstić information content (AvgIpc) is 2.29. The van der Waals surface area contributed by atoms with Crippen LogP contribution in [0.2, 0.25) is 0 Å². The second-order valence-electron chi connectivity index (χ2n) is 4.34. The van der Waals surface area contributed by atoms with Crippen LogP contribution >= 0.6 is 0 Å². The van der Waals surface area contributed by atoms with Crippen molar-refractivity contribution in [3.63, 3.8) is 0 Å². The number of hydrogen-bond donors (Lipinski definition) is 1. The molecule has 3 heteroatoms. The molecule has 0 radical (unpaired) electrons. The minimum atomic E-state index is -0.798. The standard InChI is InChI=1S/C13H17NO2/c1-10-6-2-3-7-11(10)12-8-4-5-9-14(12)13(15)16/h2-3,6-7,12H,4-5,8-9H2,1H3,(H,15,16). The molecule has 1 N–H and O–H groups in total. The van der Waals surface area contributed by atoms with Crippen LogP contribution < -0.4 is 0 Å². The smallest absolute Gasteiger partial charge is 0.407 e. The number of rotatable bonds is 1. The highest BCUT2D eigenvalue weighted by Gasteiger charge is 2.28. The first kappa shape index (κ1) is 11.0. The molecule has 16 heavy (non-hydrogen) atoms. The van der Waals surface area contributed by atoms with E-state index in [2.05, 4.69) is 0 Å². The van der Waals surface area contributed by atoms with Crippen LogP contribution in [0.25, 0.3) is 0 Å². The summed E-state index contributed by atoms with van der Waals surface area (Å²) in [6, 6.07) is 8.11. The summed E-state index contributed by atoms with van der Waals surface area (Å²) < 4.78 is 0. The number of carboxylic acid groups (broad SMARTS) is 1. The molecule has 2 rings (SSSR count). The third kappa shape index (κ3) is 2.03. The van der Waals surface area contributed by atoms with E-state index in [4.69, 9.17) is 0 Å². The molecule has 0 aromatic heterocycles. The van der Waals surface area contributed by atoms with Crippen molar-refractivity contribution in [2.75, 3.05) is 6.54 Å². The molecule has 1 saturated heterocycles. The fourth-order valence-corrected chi connectivity index (χ4v) is 2.44. The highest BCUT2D eigenvalue weighted by molar-refractivity contribution is 5.66. The predicted molar refractivity (Wildman–Crippen MR) is 62.5 cm³/mol. The van der Waals surface area contributed by atoms with E-state index in [1.807, 2.05) is 31.2 Å². The Balaban J connectivity index is 2.30. The molecule has 1 heterocycles. The lowest BCUT2D eigenvalue weighted by Gasteiger charge is -2.34. The first-order chi connectivity index (χ1) is 7.70. The fraction of sp³-hybridized carbons (Fsp3) is 0.462. The summed E-state index contributed by atoms with van der Waals surface area (Å²) in [6.45, 7) is 2.71. The Morgan fingerprint density at radius 2 is 2.12 bits per heavy atom. The van der Waals surface area contributed by atoms with Crippen LogP contribution in [0.5, 0.6) is 0 Å². The van der Waals surface area contributed by atoms with Gasteiger partial charge in [0.05, 0.1) is 6.04 Å². The van der Waals surface area contributed by atoms with Gasteiger partial charge in [0.2, 0.25) is 0 Å². The molecule has 86 valence electrons. The maximum atomic E-state index is 11.2. The van der Waals surface area contributed by atoms with Crippen LogP contribution in [0.15, 0.2) is 24.3 Å². The van der Waals surface area contributed by atoms with Gasteiger partial charge in [-0.2, -0.15) is 0 Å². The molecule has 3 nitrogen and oxygen atoms in total. The van der Waals surface area contributed by atoms with Crippen LogP contribution in [0.3, 0.4) is 0 Å². The third-order valence-electron chi connectivity index (χ3n) is 3.30. The molecular weight excluding hydrogens is 202 g/mol. The van der Waals surface area contributed by atoms with E-state index in [9.17, 15) is 9.90 Å². The molecule has 1 aromatic carbocycles. The summed E-state index contributed by atoms with van der Waals surface area (Å²) in [5.41, 5.74) is 2.34. The SMILES string of the molecule is Cc1ccccc1C1CCCCN1C(=O)O. The second-order valence-corrected chi connectivity index (χ2v) is 4.34. The van der Waals surface area contributed by atoms with Crippen LogP contribution in [-0.2, 0) is 0 Å². The Hall–Kier alpha value is -1.51. The number of nitrogens with zero attached hydrogens (tertiary/aromatic N) is 1. The molecule has 1 aliphatic rings. The van der Waals surface area contributed by atoms with Crippen LogP contribution in [0, 0.1) is 6.92 Å². The highest BCUT2D eigenvalue weighted by Crippen LogP contribution is 2.32. The number of likely N-dealkylation sites (tertiary alicyclic amines) is 1. The van der Waals surface area contributed by atoms with Crippen molar-refractivity contribution in [1.29, 1.82) is 0 Å². The summed E-state index contributed by atoms with van der Waals surface area (Å²) in [7, 11) is 0. The Bertz CT molecular complexity index is 389. The molecule has 0 spiro atoms. The molecule has 1 aromatic rings. The van der Waals surface area contributed by atoms with Gasteiger partial charge in [-0.05, 0) is 37.3 Å². The van der Waals surface area contributed by atoms with E-state index in [-0.39, 0.29) is 6.04 Å². The second kappa shape index (κ2) is 4.56. The van der Waals surface area contributed by atoms with Crippen molar-refractivity contribution in [2.24, 2.45) is 0 Å². The maximum absolute atomic E-state index is 11.2. The van der Waals surface area contributed by atoms with Gasteiger partial charge in [0.1, 0.15) is 0 Å². The van der Waals surface area contributed by atoms with Gasteiger partial charge in [0, 0.05) is 6.54 Å². The lowest BCUT2D eigenvalue weighted by atomic mass is 9.93. The van der Waals surface area contributed by atoms with Crippen molar-refractivity contribution in [2.45, 2.75) is 32.2 Å². The van der Waals surface area contributed by atoms with Crippen molar-refractivity contribution in [1.82, 2.24) is 4.90 Å². The first-order valence-corrected chi connectivity index (χ1v) is 5.75. The zero-order chi connectivity index (χ0) is 11.5. The van der Waals surface area contributed by atoms with E-state index in [0.717, 1.165) is 24.8 Å². The van der Waals surface area contributed by atoms with Gasteiger partial charge in [-0.3, -0.25) is 0 Å². The van der Waals surface area contributed by atoms with Gasteiger partial charge in [0.15, 0.2) is 0 Å². The van der Waals surface area contributed by atoms with E-state index in [1.165, 1.54) is 5.56 Å². The van der Waals surface area contributed by atoms with Gasteiger partial charge >= 0.3 is 6.09 Å². The van der Waals surface area contributed by atoms with Crippen LogP contribution in [0.1, 0.15) is 36.4 Å². The van der Waals surface area contributed by atoms with Crippen LogP contribution in [0.4, 0.5) is 4.79 Å². The Labute approximate surface area is 95.7 Å². The third-order valence-corrected chi connectivity index (χ3v) is 3.30. The molecule has 1 fully saturated rings. The van der Waals surface area contributed by atoms with Gasteiger partial charge in [-0.25, -0.2) is 4.79 Å². The van der Waals surface area contributed by atoms with Gasteiger partial charge in [-0.15, -0.1) is 0 Å². The van der Waals surface area contributed by atoms with E-state index in [0.29, 0.717) is 6.54 Å². The summed E-state index contributed by atoms with van der Waals surface area (Å²) in [5, 5.41) is 9.19. The lowest BCUT2D eigenvalue weighted by Crippen LogP contribution is -2.37. The first-order valence-electron chi connectivity index (χ1n) is 5.75. The average molecular weight is 219 g/mol. The normalized spacial score (nSPS) is 20.8. The van der Waals surface area contributed by atoms with Gasteiger partial charge in [0.25, 0.3) is 0 Å². The highest BCUT2D eigenvalue weighted by atomic mass is 16.4. The zero-order valence-electron chi connectivity index (χ0n) is 9.52. The largest absolute Gasteiger partial charge is 0.465 e. The zero-order valence-corrected chi connectivity index (χ0v) is 9.52. The summed E-state index contributed by atoms with van der Waals surface area (Å²) in [6.07, 6.45) is 2.24. The van der Waals surface area contributed by atoms with E-state index < -0.39 is 6.09 Å². The molecule has 1 amide bonds. The summed E-state index contributed by atoms with van der Waals surface area (Å²) in [5.74, 6) is 0. The molecule has 0 saturated carbocycles. The molecule has 1 aliphatic heterocycles. The number of carbonyl (C=O) groups is 1. The maximum Gasteiger partial charge on any atom is 0.407 e. The van der Waals surface area contributed by atoms with Crippen molar-refractivity contribution >= 4 is 6.09 Å². The molecular formula is C13H17NO2. The number of aryl methyl sites for hydroxylation is 1. The molecule has 1 atom stereocenters.